The highest BCUT2D eigenvalue weighted by molar-refractivity contribution is 7.13. The molecule has 3 nitrogen and oxygen atoms in total. The number of nitrogens with two attached hydrogens (primary N) is 1. The molecule has 1 aromatic carbocycles. The van der Waals surface area contributed by atoms with E-state index in [-0.39, 0.29) is 0 Å². The third-order valence-electron chi connectivity index (χ3n) is 2.92. The molecule has 2 N–H and O–H groups in total. The van der Waals surface area contributed by atoms with Crippen molar-refractivity contribution in [2.75, 3.05) is 0 Å². The molecule has 0 saturated heterocycles. The lowest BCUT2D eigenvalue weighted by molar-refractivity contribution is 1.07. The first-order valence-corrected chi connectivity index (χ1v) is 6.90. The largest absolute Gasteiger partial charge is 0.326 e. The molecule has 2 heterocycles. The summed E-state index contributed by atoms with van der Waals surface area (Å²) in [5.41, 5.74) is 9.95. The van der Waals surface area contributed by atoms with Crippen LogP contribution >= 0.6 is 11.3 Å². The van der Waals surface area contributed by atoms with Gasteiger partial charge in [0, 0.05) is 35.4 Å². The van der Waals surface area contributed by atoms with E-state index in [4.69, 9.17) is 5.73 Å². The van der Waals surface area contributed by atoms with Crippen molar-refractivity contribution in [3.05, 3.63) is 59.7 Å². The Bertz CT molecular complexity index is 659. The Kier molecular flexibility index (Phi) is 3.35. The van der Waals surface area contributed by atoms with Gasteiger partial charge in [-0.2, -0.15) is 0 Å². The normalized spacial score (nSPS) is 10.6. The predicted octanol–water partition coefficient (Wildman–Crippen LogP) is 3.33. The average molecular weight is 267 g/mol. The van der Waals surface area contributed by atoms with Gasteiger partial charge in [-0.25, -0.2) is 4.98 Å². The van der Waals surface area contributed by atoms with Crippen molar-refractivity contribution in [3.63, 3.8) is 0 Å². The van der Waals surface area contributed by atoms with E-state index in [0.29, 0.717) is 6.54 Å². The number of hydrogen-bond acceptors (Lipinski definition) is 4. The molecule has 0 bridgehead atoms. The van der Waals surface area contributed by atoms with Gasteiger partial charge in [0.15, 0.2) is 0 Å². The summed E-state index contributed by atoms with van der Waals surface area (Å²) in [5.74, 6) is 0. The molecule has 0 radical (unpaired) electrons. The molecule has 4 heteroatoms. The molecule has 3 rings (SSSR count). The van der Waals surface area contributed by atoms with Crippen LogP contribution in [0.15, 0.2) is 54.2 Å². The molecular weight excluding hydrogens is 254 g/mol. The van der Waals surface area contributed by atoms with Crippen molar-refractivity contribution >= 4 is 11.3 Å². The number of benzene rings is 1. The maximum atomic E-state index is 5.60. The van der Waals surface area contributed by atoms with Gasteiger partial charge in [0.25, 0.3) is 0 Å². The van der Waals surface area contributed by atoms with Crippen molar-refractivity contribution < 1.29 is 0 Å². The fraction of sp³-hybridized carbons (Fsp3) is 0.0667. The zero-order valence-electron chi connectivity index (χ0n) is 10.3. The third-order valence-corrected chi connectivity index (χ3v) is 3.81. The van der Waals surface area contributed by atoms with E-state index >= 15 is 0 Å². The number of aromatic nitrogens is 2. The minimum atomic E-state index is 0.570. The SMILES string of the molecule is NCc1ccc(-c2nc(-c3ccncc3)cs2)cc1. The van der Waals surface area contributed by atoms with E-state index in [1.54, 1.807) is 23.7 Å². The van der Waals surface area contributed by atoms with Gasteiger partial charge >= 0.3 is 0 Å². The minimum Gasteiger partial charge on any atom is -0.326 e. The molecule has 2 aromatic heterocycles. The van der Waals surface area contributed by atoms with E-state index in [2.05, 4.69) is 27.5 Å². The first-order chi connectivity index (χ1) is 9.36. The van der Waals surface area contributed by atoms with E-state index in [9.17, 15) is 0 Å². The number of thiazole rings is 1. The van der Waals surface area contributed by atoms with Crippen LogP contribution < -0.4 is 5.73 Å². The molecule has 0 amide bonds. The maximum absolute atomic E-state index is 5.60. The summed E-state index contributed by atoms with van der Waals surface area (Å²) in [6, 6.07) is 12.2. The van der Waals surface area contributed by atoms with Gasteiger partial charge in [0.1, 0.15) is 5.01 Å². The summed E-state index contributed by atoms with van der Waals surface area (Å²) in [6.07, 6.45) is 3.56. The van der Waals surface area contributed by atoms with Crippen molar-refractivity contribution in [3.8, 4) is 21.8 Å². The molecule has 0 saturated carbocycles. The zero-order chi connectivity index (χ0) is 13.1. The third kappa shape index (κ3) is 2.54. The van der Waals surface area contributed by atoms with Gasteiger partial charge in [-0.05, 0) is 17.7 Å². The smallest absolute Gasteiger partial charge is 0.124 e. The summed E-state index contributed by atoms with van der Waals surface area (Å²) >= 11 is 1.65. The fourth-order valence-electron chi connectivity index (χ4n) is 1.84. The standard InChI is InChI=1S/C15H13N3S/c16-9-11-1-3-13(4-2-11)15-18-14(10-19-15)12-5-7-17-8-6-12/h1-8,10H,9,16H2. The summed E-state index contributed by atoms with van der Waals surface area (Å²) in [4.78, 5) is 8.68. The molecule has 0 atom stereocenters. The maximum Gasteiger partial charge on any atom is 0.124 e. The van der Waals surface area contributed by atoms with Crippen molar-refractivity contribution in [1.82, 2.24) is 9.97 Å². The Morgan fingerprint density at radius 3 is 2.37 bits per heavy atom. The van der Waals surface area contributed by atoms with Crippen molar-refractivity contribution in [2.24, 2.45) is 5.73 Å². The van der Waals surface area contributed by atoms with E-state index < -0.39 is 0 Å². The fourth-order valence-corrected chi connectivity index (χ4v) is 2.68. The van der Waals surface area contributed by atoms with Crippen LogP contribution in [0.4, 0.5) is 0 Å². The molecule has 19 heavy (non-hydrogen) atoms. The summed E-state index contributed by atoms with van der Waals surface area (Å²) in [5, 5.41) is 3.09. The molecule has 0 fully saturated rings. The number of rotatable bonds is 3. The molecular formula is C15H13N3S. The first-order valence-electron chi connectivity index (χ1n) is 6.02. The van der Waals surface area contributed by atoms with Crippen LogP contribution in [0, 0.1) is 0 Å². The quantitative estimate of drug-likeness (QED) is 0.792. The van der Waals surface area contributed by atoms with Gasteiger partial charge < -0.3 is 5.73 Å². The number of pyridine rings is 1. The summed E-state index contributed by atoms with van der Waals surface area (Å²) < 4.78 is 0. The Balaban J connectivity index is 1.92. The van der Waals surface area contributed by atoms with E-state index in [0.717, 1.165) is 27.4 Å². The highest BCUT2D eigenvalue weighted by Gasteiger charge is 2.06. The Morgan fingerprint density at radius 1 is 0.947 bits per heavy atom. The molecule has 0 unspecified atom stereocenters. The lowest BCUT2D eigenvalue weighted by atomic mass is 10.1. The Hall–Kier alpha value is -2.04. The highest BCUT2D eigenvalue weighted by atomic mass is 32.1. The summed E-state index contributed by atoms with van der Waals surface area (Å²) in [7, 11) is 0. The summed E-state index contributed by atoms with van der Waals surface area (Å²) in [6.45, 7) is 0.570. The zero-order valence-corrected chi connectivity index (χ0v) is 11.1. The molecule has 0 aliphatic heterocycles. The average Bonchev–Trinajstić information content (AvgIpc) is 2.98. The van der Waals surface area contributed by atoms with Crippen LogP contribution in [-0.4, -0.2) is 9.97 Å². The highest BCUT2D eigenvalue weighted by Crippen LogP contribution is 2.28. The molecule has 0 aliphatic rings. The van der Waals surface area contributed by atoms with Crippen LogP contribution in [0.1, 0.15) is 5.56 Å². The van der Waals surface area contributed by atoms with E-state index in [1.165, 1.54) is 0 Å². The Morgan fingerprint density at radius 2 is 1.68 bits per heavy atom. The van der Waals surface area contributed by atoms with Crippen LogP contribution in [0.25, 0.3) is 21.8 Å². The number of nitrogens with zero attached hydrogens (tertiary/aromatic N) is 2. The van der Waals surface area contributed by atoms with E-state index in [1.807, 2.05) is 24.3 Å². The van der Waals surface area contributed by atoms with Gasteiger partial charge in [0.2, 0.25) is 0 Å². The van der Waals surface area contributed by atoms with Gasteiger partial charge in [-0.3, -0.25) is 4.98 Å². The Labute approximate surface area is 115 Å². The molecule has 3 aromatic rings. The van der Waals surface area contributed by atoms with Crippen molar-refractivity contribution in [1.29, 1.82) is 0 Å². The van der Waals surface area contributed by atoms with Gasteiger partial charge in [0.05, 0.1) is 5.69 Å². The minimum absolute atomic E-state index is 0.570. The predicted molar refractivity (Wildman–Crippen MR) is 78.7 cm³/mol. The first kappa shape index (κ1) is 12.0. The molecule has 94 valence electrons. The van der Waals surface area contributed by atoms with Crippen molar-refractivity contribution in [2.45, 2.75) is 6.54 Å². The van der Waals surface area contributed by atoms with Gasteiger partial charge in [-0.15, -0.1) is 11.3 Å². The lowest BCUT2D eigenvalue weighted by Crippen LogP contribution is -1.95. The van der Waals surface area contributed by atoms with Crippen LogP contribution in [0.3, 0.4) is 0 Å². The number of hydrogen-bond donors (Lipinski definition) is 1. The topological polar surface area (TPSA) is 51.8 Å². The van der Waals surface area contributed by atoms with Crippen LogP contribution in [0.2, 0.25) is 0 Å². The molecule has 0 aliphatic carbocycles. The lowest BCUT2D eigenvalue weighted by Gasteiger charge is -1.99. The second-order valence-corrected chi connectivity index (χ2v) is 5.03. The second kappa shape index (κ2) is 5.30. The van der Waals surface area contributed by atoms with Crippen LogP contribution in [-0.2, 0) is 6.54 Å². The monoisotopic (exact) mass is 267 g/mol. The van der Waals surface area contributed by atoms with Gasteiger partial charge in [-0.1, -0.05) is 24.3 Å². The second-order valence-electron chi connectivity index (χ2n) is 4.17. The molecule has 0 spiro atoms. The van der Waals surface area contributed by atoms with Crippen LogP contribution in [0.5, 0.6) is 0 Å².